The zero-order valence-electron chi connectivity index (χ0n) is 14.4. The SMILES string of the molecule is c1ccc2c(c1)CCCN2c1nncc(NCCN2CCOCC2)n1. The third kappa shape index (κ3) is 3.88. The summed E-state index contributed by atoms with van der Waals surface area (Å²) >= 11 is 0. The molecule has 1 N–H and O–H groups in total. The summed E-state index contributed by atoms with van der Waals surface area (Å²) in [6.07, 6.45) is 3.91. The van der Waals surface area contributed by atoms with Crippen molar-refractivity contribution in [1.82, 2.24) is 20.1 Å². The number of nitrogens with zero attached hydrogens (tertiary/aromatic N) is 5. The molecule has 0 bridgehead atoms. The van der Waals surface area contributed by atoms with Gasteiger partial charge in [-0.15, -0.1) is 5.10 Å². The van der Waals surface area contributed by atoms with Crippen molar-refractivity contribution in [2.24, 2.45) is 0 Å². The highest BCUT2D eigenvalue weighted by Gasteiger charge is 2.20. The molecule has 0 saturated carbocycles. The third-order valence-corrected chi connectivity index (χ3v) is 4.74. The monoisotopic (exact) mass is 340 g/mol. The molecule has 7 nitrogen and oxygen atoms in total. The highest BCUT2D eigenvalue weighted by Crippen LogP contribution is 2.31. The second-order valence-corrected chi connectivity index (χ2v) is 6.41. The molecule has 0 atom stereocenters. The van der Waals surface area contributed by atoms with Crippen LogP contribution in [0.3, 0.4) is 0 Å². The number of morpholine rings is 1. The van der Waals surface area contributed by atoms with Crippen LogP contribution < -0.4 is 10.2 Å². The van der Waals surface area contributed by atoms with Crippen LogP contribution in [-0.2, 0) is 11.2 Å². The maximum Gasteiger partial charge on any atom is 0.251 e. The highest BCUT2D eigenvalue weighted by atomic mass is 16.5. The molecule has 2 aliphatic rings. The first kappa shape index (κ1) is 16.2. The van der Waals surface area contributed by atoms with Crippen molar-refractivity contribution in [2.75, 3.05) is 56.2 Å². The fraction of sp³-hybridized carbons (Fsp3) is 0.500. The van der Waals surface area contributed by atoms with Crippen LogP contribution in [0.15, 0.2) is 30.5 Å². The lowest BCUT2D eigenvalue weighted by Gasteiger charge is -2.29. The Hall–Kier alpha value is -2.25. The van der Waals surface area contributed by atoms with Gasteiger partial charge in [0.05, 0.1) is 19.4 Å². The van der Waals surface area contributed by atoms with Crippen LogP contribution in [0.25, 0.3) is 0 Å². The lowest BCUT2D eigenvalue weighted by atomic mass is 10.0. The van der Waals surface area contributed by atoms with Gasteiger partial charge >= 0.3 is 0 Å². The van der Waals surface area contributed by atoms with E-state index in [0.717, 1.165) is 64.6 Å². The number of hydrogen-bond donors (Lipinski definition) is 1. The highest BCUT2D eigenvalue weighted by molar-refractivity contribution is 5.63. The van der Waals surface area contributed by atoms with Crippen molar-refractivity contribution in [3.05, 3.63) is 36.0 Å². The quantitative estimate of drug-likeness (QED) is 0.888. The zero-order chi connectivity index (χ0) is 16.9. The van der Waals surface area contributed by atoms with Crippen LogP contribution in [-0.4, -0.2) is 66.0 Å². The minimum absolute atomic E-state index is 0.670. The molecular weight excluding hydrogens is 316 g/mol. The van der Waals surface area contributed by atoms with E-state index in [1.54, 1.807) is 6.20 Å². The Morgan fingerprint density at radius 2 is 2.00 bits per heavy atom. The molecule has 0 amide bonds. The Labute approximate surface area is 148 Å². The molecule has 1 saturated heterocycles. The second-order valence-electron chi connectivity index (χ2n) is 6.41. The molecule has 2 aromatic rings. The Balaban J connectivity index is 1.41. The predicted molar refractivity (Wildman–Crippen MR) is 97.3 cm³/mol. The summed E-state index contributed by atoms with van der Waals surface area (Å²) in [7, 11) is 0. The molecule has 0 radical (unpaired) electrons. The second kappa shape index (κ2) is 7.76. The molecule has 0 aliphatic carbocycles. The van der Waals surface area contributed by atoms with Crippen molar-refractivity contribution in [2.45, 2.75) is 12.8 Å². The van der Waals surface area contributed by atoms with E-state index in [9.17, 15) is 0 Å². The number of anilines is 3. The largest absolute Gasteiger partial charge is 0.379 e. The molecule has 7 heteroatoms. The molecule has 1 aromatic heterocycles. The molecule has 132 valence electrons. The van der Waals surface area contributed by atoms with Crippen molar-refractivity contribution in [3.8, 4) is 0 Å². The minimum Gasteiger partial charge on any atom is -0.379 e. The molecule has 1 fully saturated rings. The van der Waals surface area contributed by atoms with Gasteiger partial charge in [-0.2, -0.15) is 10.1 Å². The topological polar surface area (TPSA) is 66.4 Å². The van der Waals surface area contributed by atoms with Crippen LogP contribution in [0.4, 0.5) is 17.5 Å². The average Bonchev–Trinajstić information content (AvgIpc) is 2.69. The van der Waals surface area contributed by atoms with Gasteiger partial charge in [-0.3, -0.25) is 4.90 Å². The Morgan fingerprint density at radius 1 is 1.12 bits per heavy atom. The van der Waals surface area contributed by atoms with E-state index in [1.165, 1.54) is 11.3 Å². The van der Waals surface area contributed by atoms with Crippen molar-refractivity contribution in [3.63, 3.8) is 0 Å². The number of rotatable bonds is 5. The van der Waals surface area contributed by atoms with E-state index in [1.807, 2.05) is 0 Å². The zero-order valence-corrected chi connectivity index (χ0v) is 14.4. The summed E-state index contributed by atoms with van der Waals surface area (Å²) in [4.78, 5) is 9.24. The first-order chi connectivity index (χ1) is 12.4. The van der Waals surface area contributed by atoms with Gasteiger partial charge in [0, 0.05) is 38.4 Å². The van der Waals surface area contributed by atoms with E-state index < -0.39 is 0 Å². The molecule has 0 spiro atoms. The van der Waals surface area contributed by atoms with E-state index in [0.29, 0.717) is 5.95 Å². The van der Waals surface area contributed by atoms with E-state index in [2.05, 4.69) is 54.6 Å². The summed E-state index contributed by atoms with van der Waals surface area (Å²) in [5.41, 5.74) is 2.55. The van der Waals surface area contributed by atoms with Gasteiger partial charge < -0.3 is 15.0 Å². The summed E-state index contributed by atoms with van der Waals surface area (Å²) in [5.74, 6) is 1.45. The molecule has 3 heterocycles. The van der Waals surface area contributed by atoms with E-state index >= 15 is 0 Å². The number of aromatic nitrogens is 3. The average molecular weight is 340 g/mol. The van der Waals surface area contributed by atoms with Crippen molar-refractivity contribution in [1.29, 1.82) is 0 Å². The first-order valence-electron chi connectivity index (χ1n) is 8.99. The first-order valence-corrected chi connectivity index (χ1v) is 8.99. The number of nitrogens with one attached hydrogen (secondary N) is 1. The van der Waals surface area contributed by atoms with Gasteiger partial charge in [0.15, 0.2) is 5.82 Å². The summed E-state index contributed by atoms with van der Waals surface area (Å²) < 4.78 is 5.38. The molecule has 0 unspecified atom stereocenters. The van der Waals surface area contributed by atoms with E-state index in [-0.39, 0.29) is 0 Å². The summed E-state index contributed by atoms with van der Waals surface area (Å²) in [6.45, 7) is 6.40. The van der Waals surface area contributed by atoms with E-state index in [4.69, 9.17) is 4.74 Å². The minimum atomic E-state index is 0.670. The van der Waals surface area contributed by atoms with Gasteiger partial charge in [0.25, 0.3) is 5.95 Å². The number of ether oxygens (including phenoxy) is 1. The molecule has 2 aliphatic heterocycles. The van der Waals surface area contributed by atoms with Gasteiger partial charge in [-0.05, 0) is 24.5 Å². The smallest absolute Gasteiger partial charge is 0.251 e. The standard InChI is InChI=1S/C18H24N6O/c1-2-6-16-15(4-1)5-3-8-24(16)18-21-17(14-20-22-18)19-7-9-23-10-12-25-13-11-23/h1-2,4,6,14H,3,5,7-13H2,(H,19,21,22). The summed E-state index contributed by atoms with van der Waals surface area (Å²) in [5, 5.41) is 11.8. The van der Waals surface area contributed by atoms with Gasteiger partial charge in [-0.1, -0.05) is 18.2 Å². The van der Waals surface area contributed by atoms with Crippen LogP contribution in [0.2, 0.25) is 0 Å². The molecular formula is C18H24N6O. The number of para-hydroxylation sites is 1. The fourth-order valence-corrected chi connectivity index (χ4v) is 3.40. The number of hydrogen-bond acceptors (Lipinski definition) is 7. The van der Waals surface area contributed by atoms with Crippen molar-refractivity contribution < 1.29 is 4.74 Å². The Kier molecular flexibility index (Phi) is 5.03. The predicted octanol–water partition coefficient (Wildman–Crippen LogP) is 1.70. The molecule has 1 aromatic carbocycles. The Bertz CT molecular complexity index is 703. The van der Waals surface area contributed by atoms with Gasteiger partial charge in [0.2, 0.25) is 0 Å². The number of benzene rings is 1. The van der Waals surface area contributed by atoms with Gasteiger partial charge in [-0.25, -0.2) is 0 Å². The summed E-state index contributed by atoms with van der Waals surface area (Å²) in [6, 6.07) is 8.47. The van der Waals surface area contributed by atoms with Crippen LogP contribution in [0, 0.1) is 0 Å². The molecule has 25 heavy (non-hydrogen) atoms. The van der Waals surface area contributed by atoms with Crippen LogP contribution in [0.5, 0.6) is 0 Å². The van der Waals surface area contributed by atoms with Crippen molar-refractivity contribution >= 4 is 17.5 Å². The lowest BCUT2D eigenvalue weighted by Crippen LogP contribution is -2.39. The molecule has 4 rings (SSSR count). The van der Waals surface area contributed by atoms with Gasteiger partial charge in [0.1, 0.15) is 0 Å². The van der Waals surface area contributed by atoms with Crippen LogP contribution in [0.1, 0.15) is 12.0 Å². The van der Waals surface area contributed by atoms with Crippen LogP contribution >= 0.6 is 0 Å². The fourth-order valence-electron chi connectivity index (χ4n) is 3.40. The Morgan fingerprint density at radius 3 is 2.92 bits per heavy atom. The normalized spacial score (nSPS) is 18.0. The third-order valence-electron chi connectivity index (χ3n) is 4.74. The maximum absolute atomic E-state index is 5.38. The maximum atomic E-state index is 5.38. The lowest BCUT2D eigenvalue weighted by molar-refractivity contribution is 0.0398. The number of fused-ring (bicyclic) bond motifs is 1. The number of aryl methyl sites for hydroxylation is 1.